The van der Waals surface area contributed by atoms with Crippen molar-refractivity contribution in [3.05, 3.63) is 22.5 Å². The number of rotatable bonds is 7. The number of ether oxygens (including phenoxy) is 2. The Balaban J connectivity index is 0.000000292. The molecule has 0 aromatic rings. The number of hydrogen-bond acceptors (Lipinski definition) is 10. The third-order valence-electron chi connectivity index (χ3n) is 6.42. The van der Waals surface area contributed by atoms with Crippen LogP contribution in [0.5, 0.6) is 0 Å². The summed E-state index contributed by atoms with van der Waals surface area (Å²) in [6.07, 6.45) is -0.333. The SMILES string of the molecule is CO[C@@]12[C@H](COC(N)=O)C3=C(C(=O)C(C)=C(N)C3=O)N1C[C@@H]1N[C@@H]12.C[Se]CC[C@H](N)C(=O)O. The molecule has 2 saturated heterocycles. The van der Waals surface area contributed by atoms with Crippen molar-refractivity contribution in [2.45, 2.75) is 48.3 Å². The first-order chi connectivity index (χ1) is 15.5. The van der Waals surface area contributed by atoms with Crippen LogP contribution in [0.1, 0.15) is 13.3 Å². The second-order valence-electron chi connectivity index (χ2n) is 8.19. The molecule has 4 aliphatic rings. The number of carbonyl (C=O) groups excluding carboxylic acids is 3. The Labute approximate surface area is 197 Å². The molecule has 1 amide bonds. The quantitative estimate of drug-likeness (QED) is 0.142. The van der Waals surface area contributed by atoms with Gasteiger partial charge in [0, 0.05) is 30.8 Å². The summed E-state index contributed by atoms with van der Waals surface area (Å²) in [5.74, 6) is -0.159. The number of fused-ring (bicyclic) bond motifs is 4. The third kappa shape index (κ3) is 4.15. The number of primary amides is 1. The van der Waals surface area contributed by atoms with Crippen molar-refractivity contribution in [1.82, 2.24) is 10.2 Å². The Morgan fingerprint density at radius 2 is 2.03 bits per heavy atom. The maximum atomic E-state index is 12.8. The van der Waals surface area contributed by atoms with E-state index < -0.39 is 35.5 Å². The Hall–Kier alpha value is -2.44. The molecule has 2 fully saturated rings. The number of nitrogens with one attached hydrogen (secondary N) is 1. The van der Waals surface area contributed by atoms with E-state index in [1.807, 2.05) is 4.90 Å². The van der Waals surface area contributed by atoms with Gasteiger partial charge in [0.15, 0.2) is 5.72 Å². The molecular formula is C20H29N5O7Se. The average molecular weight is 530 g/mol. The molecule has 0 aromatic carbocycles. The zero-order chi connectivity index (χ0) is 24.7. The number of carboxylic acid groups (broad SMARTS) is 1. The Kier molecular flexibility index (Phi) is 7.20. The Morgan fingerprint density at radius 1 is 1.36 bits per heavy atom. The van der Waals surface area contributed by atoms with E-state index in [-0.39, 0.29) is 41.3 Å². The van der Waals surface area contributed by atoms with Crippen LogP contribution >= 0.6 is 0 Å². The zero-order valence-electron chi connectivity index (χ0n) is 18.6. The van der Waals surface area contributed by atoms with Crippen LogP contribution in [-0.4, -0.2) is 92.7 Å². The number of carbonyl (C=O) groups is 4. The van der Waals surface area contributed by atoms with Crippen LogP contribution in [0.3, 0.4) is 0 Å². The summed E-state index contributed by atoms with van der Waals surface area (Å²) < 4.78 is 10.8. The first-order valence-corrected chi connectivity index (χ1v) is 13.2. The predicted octanol–water partition coefficient (Wildman–Crippen LogP) is -1.69. The molecule has 5 atom stereocenters. The molecule has 0 aromatic heterocycles. The first-order valence-electron chi connectivity index (χ1n) is 10.3. The van der Waals surface area contributed by atoms with Crippen molar-refractivity contribution in [3.63, 3.8) is 0 Å². The molecule has 13 heteroatoms. The molecule has 4 rings (SSSR count). The zero-order valence-corrected chi connectivity index (χ0v) is 20.3. The monoisotopic (exact) mass is 531 g/mol. The van der Waals surface area contributed by atoms with Crippen molar-refractivity contribution < 1.29 is 33.8 Å². The van der Waals surface area contributed by atoms with E-state index in [0.29, 0.717) is 33.6 Å². The van der Waals surface area contributed by atoms with Crippen LogP contribution in [0, 0.1) is 5.92 Å². The molecule has 0 unspecified atom stereocenters. The van der Waals surface area contributed by atoms with Gasteiger partial charge in [-0.25, -0.2) is 4.79 Å². The Bertz CT molecular complexity index is 951. The number of piperazine rings is 1. The van der Waals surface area contributed by atoms with Gasteiger partial charge in [0.25, 0.3) is 0 Å². The third-order valence-corrected chi connectivity index (χ3v) is 7.78. The van der Waals surface area contributed by atoms with E-state index >= 15 is 0 Å². The summed E-state index contributed by atoms with van der Waals surface area (Å²) in [5.41, 5.74) is 15.9. The van der Waals surface area contributed by atoms with Gasteiger partial charge in [-0.05, 0) is 6.92 Å². The fourth-order valence-electron chi connectivity index (χ4n) is 4.68. The van der Waals surface area contributed by atoms with E-state index in [1.54, 1.807) is 0 Å². The first kappa shape index (κ1) is 25.2. The van der Waals surface area contributed by atoms with E-state index in [9.17, 15) is 19.2 Å². The van der Waals surface area contributed by atoms with E-state index in [0.717, 1.165) is 5.32 Å². The average Bonchev–Trinajstić information content (AvgIpc) is 3.39. The molecule has 3 aliphatic heterocycles. The molecule has 0 radical (unpaired) electrons. The second kappa shape index (κ2) is 9.43. The number of allylic oxidation sites excluding steroid dienone is 2. The van der Waals surface area contributed by atoms with Crippen molar-refractivity contribution in [3.8, 4) is 0 Å². The number of amides is 1. The van der Waals surface area contributed by atoms with E-state index in [2.05, 4.69) is 11.1 Å². The summed E-state index contributed by atoms with van der Waals surface area (Å²) >= 11 is 0.549. The Morgan fingerprint density at radius 3 is 2.58 bits per heavy atom. The molecule has 182 valence electrons. The summed E-state index contributed by atoms with van der Waals surface area (Å²) in [5, 5.41) is 12.5. The fraction of sp³-hybridized carbons (Fsp3) is 0.600. The minimum atomic E-state index is -0.957. The number of carboxylic acids is 1. The molecule has 0 bridgehead atoms. The normalized spacial score (nSPS) is 30.3. The van der Waals surface area contributed by atoms with Crippen LogP contribution in [0.25, 0.3) is 0 Å². The number of nitrogens with two attached hydrogens (primary N) is 3. The van der Waals surface area contributed by atoms with Gasteiger partial charge in [-0.1, -0.05) is 0 Å². The topological polar surface area (TPSA) is 210 Å². The standard InChI is InChI=1S/C15H18N4O5.C5H11NO2Se/c1-5-9(16)12(21)8-6(4-24-14(17)22)15(23-2)13-7(18-13)3-19(15)10(8)11(5)20;1-9-3-2-4(6)5(7)8/h6-7,13,18H,3-4,16H2,1-2H3,(H2,17,22);4H,2-3,6H2,1H3,(H,7,8)/t6-,7+,13+,15-;4-/m10/s1. The van der Waals surface area contributed by atoms with Gasteiger partial charge in [-0.2, -0.15) is 0 Å². The van der Waals surface area contributed by atoms with Gasteiger partial charge < -0.3 is 31.2 Å². The van der Waals surface area contributed by atoms with Crippen molar-refractivity contribution in [1.29, 1.82) is 0 Å². The summed E-state index contributed by atoms with van der Waals surface area (Å²) in [7, 11) is 1.52. The fourth-order valence-corrected chi connectivity index (χ4v) is 5.71. The van der Waals surface area contributed by atoms with Gasteiger partial charge >= 0.3 is 66.3 Å². The molecular weight excluding hydrogens is 501 g/mol. The number of nitrogens with zero attached hydrogens (tertiary/aromatic N) is 1. The van der Waals surface area contributed by atoms with Crippen LogP contribution in [-0.2, 0) is 23.9 Å². The summed E-state index contributed by atoms with van der Waals surface area (Å²) in [6, 6.07) is -0.537. The van der Waals surface area contributed by atoms with E-state index in [4.69, 9.17) is 31.8 Å². The number of hydrogen-bond donors (Lipinski definition) is 5. The number of ketones is 2. The van der Waals surface area contributed by atoms with Gasteiger partial charge in [-0.3, -0.25) is 9.59 Å². The predicted molar refractivity (Wildman–Crippen MR) is 117 cm³/mol. The van der Waals surface area contributed by atoms with Gasteiger partial charge in [0.05, 0.1) is 23.4 Å². The van der Waals surface area contributed by atoms with Crippen molar-refractivity contribution >= 4 is 38.6 Å². The number of methoxy groups -OCH3 is 1. The summed E-state index contributed by atoms with van der Waals surface area (Å²) in [6.45, 7) is 1.92. The molecule has 0 spiro atoms. The van der Waals surface area contributed by atoms with Crippen LogP contribution in [0.4, 0.5) is 4.79 Å². The maximum absolute atomic E-state index is 12.8. The van der Waals surface area contributed by atoms with Gasteiger partial charge in [0.2, 0.25) is 11.6 Å². The molecule has 0 saturated carbocycles. The molecule has 12 nitrogen and oxygen atoms in total. The van der Waals surface area contributed by atoms with Crippen LogP contribution < -0.4 is 22.5 Å². The van der Waals surface area contributed by atoms with Crippen LogP contribution in [0.15, 0.2) is 22.5 Å². The number of Topliss-reactive ketones (excluding diaryl/α,β-unsaturated/α-hetero) is 2. The van der Waals surface area contributed by atoms with Gasteiger partial charge in [0.1, 0.15) is 6.61 Å². The van der Waals surface area contributed by atoms with Crippen molar-refractivity contribution in [2.24, 2.45) is 23.1 Å². The second-order valence-corrected chi connectivity index (χ2v) is 10.3. The molecule has 33 heavy (non-hydrogen) atoms. The van der Waals surface area contributed by atoms with Crippen molar-refractivity contribution in [2.75, 3.05) is 20.3 Å². The van der Waals surface area contributed by atoms with Crippen LogP contribution in [0.2, 0.25) is 11.1 Å². The van der Waals surface area contributed by atoms with E-state index in [1.165, 1.54) is 14.0 Å². The minimum absolute atomic E-state index is 0.0586. The number of aliphatic carboxylic acids is 1. The van der Waals surface area contributed by atoms with Gasteiger partial charge in [-0.15, -0.1) is 0 Å². The molecule has 3 heterocycles. The molecule has 1 aliphatic carbocycles. The summed E-state index contributed by atoms with van der Waals surface area (Å²) in [4.78, 5) is 48.5. The molecule has 8 N–H and O–H groups in total.